The minimum atomic E-state index is -1.06. The molecule has 0 aromatic carbocycles. The van der Waals surface area contributed by atoms with Crippen LogP contribution in [0, 0.1) is 34.5 Å². The topological polar surface area (TPSA) is 120 Å². The Labute approximate surface area is 257 Å². The molecule has 0 aromatic rings. The van der Waals surface area contributed by atoms with E-state index in [9.17, 15) is 19.8 Å². The summed E-state index contributed by atoms with van der Waals surface area (Å²) in [4.78, 5) is 24.7. The molecule has 10 atom stereocenters. The highest BCUT2D eigenvalue weighted by Gasteiger charge is 2.64. The summed E-state index contributed by atoms with van der Waals surface area (Å²) in [5, 5.41) is 30.9. The second-order valence-electron chi connectivity index (χ2n) is 15.7. The molecule has 4 saturated carbocycles. The number of aliphatic carboxylic acids is 1. The molecule has 0 radical (unpaired) electrons. The molecule has 3 N–H and O–H groups in total. The monoisotopic (exact) mass is 604 g/mol. The highest BCUT2D eigenvalue weighted by Crippen LogP contribution is 2.67. The zero-order chi connectivity index (χ0) is 30.6. The van der Waals surface area contributed by atoms with E-state index in [1.807, 2.05) is 0 Å². The maximum atomic E-state index is 11.6. The first-order valence-electron chi connectivity index (χ1n) is 17.3. The van der Waals surface area contributed by atoms with E-state index in [0.29, 0.717) is 23.3 Å². The highest BCUT2D eigenvalue weighted by molar-refractivity contribution is 5.93. The summed E-state index contributed by atoms with van der Waals surface area (Å²) in [5.41, 5.74) is 0.397. The minimum Gasteiger partial charge on any atom is -0.481 e. The van der Waals surface area contributed by atoms with Gasteiger partial charge in [0.2, 0.25) is 0 Å². The molecular weight excluding hydrogens is 548 g/mol. The molecule has 4 aliphatic carbocycles. The molecule has 3 heterocycles. The van der Waals surface area contributed by atoms with Gasteiger partial charge in [-0.1, -0.05) is 13.8 Å². The van der Waals surface area contributed by atoms with Crippen molar-refractivity contribution >= 4 is 11.8 Å². The minimum absolute atomic E-state index is 0.0909. The SMILES string of the molecule is CC(=O)CC(=O)O.C[C@]12C[C@H](N3CCC4(CC3)OCCO4)[C@@H](O)C[C@@H]1CC[C@@H]1[C@@H]2CC[C@]2(C)[C@@H](O)[C@@H](N3CCCC3)C[C@@H]12. The van der Waals surface area contributed by atoms with Crippen LogP contribution in [-0.4, -0.2) is 106 Å². The Morgan fingerprint density at radius 2 is 1.47 bits per heavy atom. The van der Waals surface area contributed by atoms with Crippen LogP contribution < -0.4 is 0 Å². The first-order valence-corrected chi connectivity index (χ1v) is 17.3. The smallest absolute Gasteiger partial charge is 0.310 e. The summed E-state index contributed by atoms with van der Waals surface area (Å²) < 4.78 is 12.0. The zero-order valence-electron chi connectivity index (χ0n) is 26.7. The van der Waals surface area contributed by atoms with Crippen molar-refractivity contribution in [1.29, 1.82) is 0 Å². The number of ether oxygens (including phenoxy) is 2. The van der Waals surface area contributed by atoms with Crippen LogP contribution in [0.25, 0.3) is 0 Å². The molecule has 9 heteroatoms. The molecule has 3 saturated heterocycles. The van der Waals surface area contributed by atoms with Gasteiger partial charge in [-0.05, 0) is 112 Å². The Morgan fingerprint density at radius 3 is 2.07 bits per heavy atom. The third kappa shape index (κ3) is 5.85. The fourth-order valence-corrected chi connectivity index (χ4v) is 11.3. The van der Waals surface area contributed by atoms with E-state index in [4.69, 9.17) is 14.6 Å². The number of Topliss-reactive ketones (excluding diaryl/α,β-unsaturated/α-hetero) is 1. The van der Waals surface area contributed by atoms with Crippen molar-refractivity contribution in [3.8, 4) is 0 Å². The number of nitrogens with zero attached hydrogens (tertiary/aromatic N) is 2. The van der Waals surface area contributed by atoms with E-state index >= 15 is 0 Å². The predicted molar refractivity (Wildman–Crippen MR) is 161 cm³/mol. The van der Waals surface area contributed by atoms with Gasteiger partial charge in [0.15, 0.2) is 5.79 Å². The summed E-state index contributed by atoms with van der Waals surface area (Å²) >= 11 is 0. The number of fused-ring (bicyclic) bond motifs is 5. The molecule has 3 aliphatic heterocycles. The lowest BCUT2D eigenvalue weighted by Gasteiger charge is -2.62. The van der Waals surface area contributed by atoms with Gasteiger partial charge in [0.05, 0.1) is 25.4 Å². The van der Waals surface area contributed by atoms with E-state index in [-0.39, 0.29) is 41.7 Å². The summed E-state index contributed by atoms with van der Waals surface area (Å²) in [7, 11) is 0. The molecule has 0 unspecified atom stereocenters. The Hall–Kier alpha value is -1.10. The molecule has 0 bridgehead atoms. The largest absolute Gasteiger partial charge is 0.481 e. The third-order valence-electron chi connectivity index (χ3n) is 13.5. The lowest BCUT2D eigenvalue weighted by Crippen LogP contribution is -2.61. The maximum absolute atomic E-state index is 11.6. The van der Waals surface area contributed by atoms with E-state index in [1.165, 1.54) is 65.0 Å². The van der Waals surface area contributed by atoms with Crippen molar-refractivity contribution < 1.29 is 34.4 Å². The van der Waals surface area contributed by atoms with E-state index < -0.39 is 5.97 Å². The molecule has 0 aromatic heterocycles. The Bertz CT molecular complexity index is 1010. The number of carboxylic acids is 1. The standard InChI is InChI=1S/C30H50N2O4.C4H6O3/c1-28-8-7-22-21(23(28)18-24(27(28)34)31-11-3-4-12-31)6-5-20-17-26(33)25(19-29(20,22)2)32-13-9-30(10-14-32)35-15-16-36-30;1-3(5)2-4(6)7/h20-27,33-34H,3-19H2,1-2H3;2H2,1H3,(H,6,7)/t20-,21+,22-,23-,24-,25-,26-,27-,28-,29-;/m0./s1. The van der Waals surface area contributed by atoms with E-state index in [2.05, 4.69) is 23.6 Å². The molecule has 0 amide bonds. The average molecular weight is 605 g/mol. The Balaban J connectivity index is 0.000000423. The second-order valence-corrected chi connectivity index (χ2v) is 15.7. The number of piperidine rings is 1. The second kappa shape index (κ2) is 12.3. The van der Waals surface area contributed by atoms with Crippen LogP contribution in [-0.2, 0) is 19.1 Å². The quantitative estimate of drug-likeness (QED) is 0.413. The fourth-order valence-electron chi connectivity index (χ4n) is 11.3. The summed E-state index contributed by atoms with van der Waals surface area (Å²) in [6, 6.07) is 0.650. The number of carbonyl (C=O) groups is 2. The summed E-state index contributed by atoms with van der Waals surface area (Å²) in [6.07, 6.45) is 12.1. The van der Waals surface area contributed by atoms with Gasteiger partial charge < -0.3 is 24.8 Å². The van der Waals surface area contributed by atoms with Crippen LogP contribution in [0.5, 0.6) is 0 Å². The molecule has 244 valence electrons. The Kier molecular flexibility index (Phi) is 9.08. The molecule has 1 spiro atoms. The first kappa shape index (κ1) is 31.9. The van der Waals surface area contributed by atoms with Gasteiger partial charge >= 0.3 is 5.97 Å². The van der Waals surface area contributed by atoms with Gasteiger partial charge in [0.25, 0.3) is 0 Å². The van der Waals surface area contributed by atoms with E-state index in [0.717, 1.165) is 63.8 Å². The first-order chi connectivity index (χ1) is 20.5. The number of carbonyl (C=O) groups excluding carboxylic acids is 1. The van der Waals surface area contributed by atoms with Crippen LogP contribution in [0.1, 0.15) is 97.8 Å². The summed E-state index contributed by atoms with van der Waals surface area (Å²) in [5.74, 6) is 1.07. The lowest BCUT2D eigenvalue weighted by atomic mass is 9.44. The van der Waals surface area contributed by atoms with Crippen molar-refractivity contribution in [3.63, 3.8) is 0 Å². The van der Waals surface area contributed by atoms with Gasteiger partial charge in [0.1, 0.15) is 12.2 Å². The number of carboxylic acid groups (broad SMARTS) is 1. The fraction of sp³-hybridized carbons (Fsp3) is 0.941. The maximum Gasteiger partial charge on any atom is 0.310 e. The summed E-state index contributed by atoms with van der Waals surface area (Å²) in [6.45, 7) is 12.1. The van der Waals surface area contributed by atoms with Gasteiger partial charge in [-0.2, -0.15) is 0 Å². The molecule has 9 nitrogen and oxygen atoms in total. The average Bonchev–Trinajstić information content (AvgIpc) is 3.70. The molecule has 7 aliphatic rings. The van der Waals surface area contributed by atoms with Crippen LogP contribution >= 0.6 is 0 Å². The van der Waals surface area contributed by atoms with Crippen LogP contribution in [0.4, 0.5) is 0 Å². The van der Waals surface area contributed by atoms with Gasteiger partial charge in [-0.3, -0.25) is 19.4 Å². The Morgan fingerprint density at radius 1 is 0.814 bits per heavy atom. The number of hydrogen-bond donors (Lipinski definition) is 3. The van der Waals surface area contributed by atoms with Crippen LogP contribution in [0.15, 0.2) is 0 Å². The lowest BCUT2D eigenvalue weighted by molar-refractivity contribution is -0.200. The number of hydrogen-bond acceptors (Lipinski definition) is 8. The normalized spacial score (nSPS) is 46.0. The van der Waals surface area contributed by atoms with Crippen LogP contribution in [0.2, 0.25) is 0 Å². The van der Waals surface area contributed by atoms with Crippen molar-refractivity contribution in [1.82, 2.24) is 9.80 Å². The number of ketones is 1. The van der Waals surface area contributed by atoms with Crippen molar-refractivity contribution in [2.75, 3.05) is 39.4 Å². The van der Waals surface area contributed by atoms with Crippen LogP contribution in [0.3, 0.4) is 0 Å². The van der Waals surface area contributed by atoms with E-state index in [1.54, 1.807) is 0 Å². The number of rotatable bonds is 4. The molecular formula is C34H56N2O7. The number of likely N-dealkylation sites (tertiary alicyclic amines) is 2. The van der Waals surface area contributed by atoms with Crippen molar-refractivity contribution in [2.45, 2.75) is 128 Å². The van der Waals surface area contributed by atoms with Crippen molar-refractivity contribution in [2.24, 2.45) is 34.5 Å². The molecule has 7 fully saturated rings. The van der Waals surface area contributed by atoms with Gasteiger partial charge in [-0.25, -0.2) is 0 Å². The predicted octanol–water partition coefficient (Wildman–Crippen LogP) is 3.69. The number of aliphatic hydroxyl groups is 2. The van der Waals surface area contributed by atoms with Gasteiger partial charge in [0, 0.05) is 38.0 Å². The highest BCUT2D eigenvalue weighted by atomic mass is 16.7. The third-order valence-corrected chi connectivity index (χ3v) is 13.5. The molecule has 43 heavy (non-hydrogen) atoms. The zero-order valence-corrected chi connectivity index (χ0v) is 26.7. The van der Waals surface area contributed by atoms with Crippen molar-refractivity contribution in [3.05, 3.63) is 0 Å². The molecule has 7 rings (SSSR count). The number of aliphatic hydroxyl groups excluding tert-OH is 2. The van der Waals surface area contributed by atoms with Gasteiger partial charge in [-0.15, -0.1) is 0 Å².